The molecule has 27 heavy (non-hydrogen) atoms. The van der Waals surface area contributed by atoms with Crippen LogP contribution in [0.15, 0.2) is 83.9 Å². The molecule has 4 aromatic rings. The van der Waals surface area contributed by atoms with Crippen molar-refractivity contribution in [3.05, 3.63) is 106 Å². The van der Waals surface area contributed by atoms with Gasteiger partial charge in [0, 0.05) is 0 Å². The lowest BCUT2D eigenvalue weighted by atomic mass is 9.76. The molecule has 0 saturated carbocycles. The lowest BCUT2D eigenvalue weighted by Gasteiger charge is -2.26. The molecule has 7 rings (SSSR count). The molecule has 0 saturated heterocycles. The number of ether oxygens (including phenoxy) is 1. The number of fused-ring (bicyclic) bond motifs is 10. The summed E-state index contributed by atoms with van der Waals surface area (Å²) in [6.45, 7) is 0. The molecule has 0 aromatic heterocycles. The van der Waals surface area contributed by atoms with Crippen molar-refractivity contribution >= 4 is 21.5 Å². The van der Waals surface area contributed by atoms with Crippen molar-refractivity contribution in [3.8, 4) is 0 Å². The minimum atomic E-state index is 0.182. The van der Waals surface area contributed by atoms with Crippen LogP contribution in [0, 0.1) is 0 Å². The summed E-state index contributed by atoms with van der Waals surface area (Å²) in [7, 11) is 0. The molecule has 0 fully saturated rings. The SMILES string of the molecule is c1ccc2c(c1)[C@@H]1O[C@H]2C2=C1Cc1cc3cc4ccccc4cc3cc1C2. The lowest BCUT2D eigenvalue weighted by Crippen LogP contribution is -2.14. The van der Waals surface area contributed by atoms with Gasteiger partial charge in [0.15, 0.2) is 0 Å². The van der Waals surface area contributed by atoms with Crippen LogP contribution < -0.4 is 0 Å². The molecule has 0 amide bonds. The number of benzene rings is 4. The van der Waals surface area contributed by atoms with Crippen molar-refractivity contribution in [2.24, 2.45) is 0 Å². The van der Waals surface area contributed by atoms with E-state index in [1.54, 1.807) is 0 Å². The topological polar surface area (TPSA) is 9.23 Å². The van der Waals surface area contributed by atoms with Crippen LogP contribution in [-0.4, -0.2) is 0 Å². The summed E-state index contributed by atoms with van der Waals surface area (Å²) in [5, 5.41) is 5.33. The van der Waals surface area contributed by atoms with Crippen LogP contribution in [0.4, 0.5) is 0 Å². The van der Waals surface area contributed by atoms with Gasteiger partial charge in [0.25, 0.3) is 0 Å². The van der Waals surface area contributed by atoms with Gasteiger partial charge in [-0.05, 0) is 79.9 Å². The highest BCUT2D eigenvalue weighted by atomic mass is 16.5. The van der Waals surface area contributed by atoms with Crippen molar-refractivity contribution in [1.29, 1.82) is 0 Å². The summed E-state index contributed by atoms with van der Waals surface area (Å²) in [4.78, 5) is 0. The minimum absolute atomic E-state index is 0.182. The quantitative estimate of drug-likeness (QED) is 0.271. The molecule has 2 bridgehead atoms. The summed E-state index contributed by atoms with van der Waals surface area (Å²) >= 11 is 0. The second-order valence-electron chi connectivity index (χ2n) is 8.10. The molecule has 1 aliphatic carbocycles. The van der Waals surface area contributed by atoms with Crippen molar-refractivity contribution in [1.82, 2.24) is 0 Å². The van der Waals surface area contributed by atoms with Crippen molar-refractivity contribution in [2.75, 3.05) is 0 Å². The monoisotopic (exact) mass is 346 g/mol. The zero-order valence-electron chi connectivity index (χ0n) is 14.9. The van der Waals surface area contributed by atoms with E-state index in [4.69, 9.17) is 4.74 Å². The molecule has 2 atom stereocenters. The van der Waals surface area contributed by atoms with Gasteiger partial charge in [-0.25, -0.2) is 0 Å². The predicted octanol–water partition coefficient (Wildman–Crippen LogP) is 6.21. The van der Waals surface area contributed by atoms with Crippen LogP contribution in [0.25, 0.3) is 21.5 Å². The first kappa shape index (κ1) is 14.2. The fourth-order valence-electron chi connectivity index (χ4n) is 5.39. The Morgan fingerprint density at radius 3 is 1.56 bits per heavy atom. The summed E-state index contributed by atoms with van der Waals surface area (Å²) in [5.74, 6) is 0. The third kappa shape index (κ3) is 1.82. The van der Waals surface area contributed by atoms with Crippen LogP contribution >= 0.6 is 0 Å². The van der Waals surface area contributed by atoms with Gasteiger partial charge in [-0.15, -0.1) is 0 Å². The van der Waals surface area contributed by atoms with Crippen LogP contribution in [0.2, 0.25) is 0 Å². The zero-order valence-corrected chi connectivity index (χ0v) is 14.9. The van der Waals surface area contributed by atoms with E-state index < -0.39 is 0 Å². The van der Waals surface area contributed by atoms with Gasteiger partial charge >= 0.3 is 0 Å². The highest BCUT2D eigenvalue weighted by Crippen LogP contribution is 2.57. The Kier molecular flexibility index (Phi) is 2.56. The van der Waals surface area contributed by atoms with Crippen molar-refractivity contribution in [3.63, 3.8) is 0 Å². The lowest BCUT2D eigenvalue weighted by molar-refractivity contribution is 0.0781. The second-order valence-corrected chi connectivity index (χ2v) is 8.10. The Morgan fingerprint density at radius 2 is 1.04 bits per heavy atom. The van der Waals surface area contributed by atoms with E-state index in [0.717, 1.165) is 12.8 Å². The molecule has 3 aliphatic rings. The zero-order chi connectivity index (χ0) is 17.5. The van der Waals surface area contributed by atoms with Gasteiger partial charge < -0.3 is 4.74 Å². The third-order valence-corrected chi connectivity index (χ3v) is 6.66. The maximum Gasteiger partial charge on any atom is 0.106 e. The summed E-state index contributed by atoms with van der Waals surface area (Å²) in [5.41, 5.74) is 8.76. The first-order valence-electron chi connectivity index (χ1n) is 9.75. The Balaban J connectivity index is 1.39. The second kappa shape index (κ2) is 4.88. The van der Waals surface area contributed by atoms with Gasteiger partial charge in [-0.1, -0.05) is 60.7 Å². The maximum absolute atomic E-state index is 6.41. The molecule has 0 radical (unpaired) electrons. The van der Waals surface area contributed by atoms with E-state index in [0.29, 0.717) is 0 Å². The van der Waals surface area contributed by atoms with Crippen LogP contribution in [0.1, 0.15) is 34.5 Å². The van der Waals surface area contributed by atoms with E-state index >= 15 is 0 Å². The summed E-state index contributed by atoms with van der Waals surface area (Å²) in [6.07, 6.45) is 2.43. The molecule has 4 aromatic carbocycles. The van der Waals surface area contributed by atoms with E-state index in [1.807, 2.05) is 0 Å². The van der Waals surface area contributed by atoms with Gasteiger partial charge in [-0.3, -0.25) is 0 Å². The maximum atomic E-state index is 6.41. The first-order chi connectivity index (χ1) is 13.3. The Bertz CT molecular complexity index is 1210. The van der Waals surface area contributed by atoms with E-state index in [2.05, 4.69) is 72.8 Å². The molecular weight excluding hydrogens is 328 g/mol. The summed E-state index contributed by atoms with van der Waals surface area (Å²) < 4.78 is 6.41. The van der Waals surface area contributed by atoms with Crippen LogP contribution in [0.5, 0.6) is 0 Å². The van der Waals surface area contributed by atoms with E-state index in [9.17, 15) is 0 Å². The molecule has 1 nitrogen and oxygen atoms in total. The fraction of sp³-hybridized carbons (Fsp3) is 0.154. The number of hydrogen-bond acceptors (Lipinski definition) is 1. The third-order valence-electron chi connectivity index (χ3n) is 6.66. The molecular formula is C26H18O. The Labute approximate surface area is 157 Å². The summed E-state index contributed by atoms with van der Waals surface area (Å²) in [6, 6.07) is 26.9. The van der Waals surface area contributed by atoms with Gasteiger partial charge in [-0.2, -0.15) is 0 Å². The molecule has 0 spiro atoms. The molecule has 0 unspecified atom stereocenters. The highest BCUT2D eigenvalue weighted by Gasteiger charge is 2.45. The fourth-order valence-corrected chi connectivity index (χ4v) is 5.39. The Morgan fingerprint density at radius 1 is 0.556 bits per heavy atom. The van der Waals surface area contributed by atoms with E-state index in [1.165, 1.54) is 54.9 Å². The minimum Gasteiger partial charge on any atom is -0.357 e. The van der Waals surface area contributed by atoms with Crippen molar-refractivity contribution in [2.45, 2.75) is 25.0 Å². The van der Waals surface area contributed by atoms with Gasteiger partial charge in [0.2, 0.25) is 0 Å². The van der Waals surface area contributed by atoms with Gasteiger partial charge in [0.1, 0.15) is 12.2 Å². The molecule has 1 heteroatoms. The van der Waals surface area contributed by atoms with Crippen molar-refractivity contribution < 1.29 is 4.74 Å². The molecule has 2 aliphatic heterocycles. The molecule has 0 N–H and O–H groups in total. The molecule has 128 valence electrons. The number of rotatable bonds is 0. The highest BCUT2D eigenvalue weighted by molar-refractivity contribution is 5.98. The average Bonchev–Trinajstić information content (AvgIpc) is 3.26. The smallest absolute Gasteiger partial charge is 0.106 e. The standard InChI is InChI=1S/C26H18O/c1-2-6-16-10-18-12-20-14-24-23(13-19(20)11-17(18)9-15(16)5-1)25-21-7-3-4-8-22(21)26(24)27-25/h1-12,25-26H,13-14H2/t25-,26+. The van der Waals surface area contributed by atoms with Gasteiger partial charge in [0.05, 0.1) is 0 Å². The molecule has 2 heterocycles. The first-order valence-corrected chi connectivity index (χ1v) is 9.75. The predicted molar refractivity (Wildman–Crippen MR) is 109 cm³/mol. The average molecular weight is 346 g/mol. The van der Waals surface area contributed by atoms with E-state index in [-0.39, 0.29) is 12.2 Å². The van der Waals surface area contributed by atoms with Crippen LogP contribution in [-0.2, 0) is 17.6 Å². The number of hydrogen-bond donors (Lipinski definition) is 0. The Hall–Kier alpha value is -2.90. The normalized spacial score (nSPS) is 22.2. The largest absolute Gasteiger partial charge is 0.357 e. The van der Waals surface area contributed by atoms with Crippen LogP contribution in [0.3, 0.4) is 0 Å².